The van der Waals surface area contributed by atoms with Crippen molar-refractivity contribution >= 4 is 38.4 Å². The lowest BCUT2D eigenvalue weighted by molar-refractivity contribution is -0.131. The largest absolute Gasteiger partial charge is 0.345 e. The van der Waals surface area contributed by atoms with Gasteiger partial charge < -0.3 is 9.80 Å². The van der Waals surface area contributed by atoms with Crippen molar-refractivity contribution in [2.45, 2.75) is 40.0 Å². The van der Waals surface area contributed by atoms with Crippen LogP contribution in [0.3, 0.4) is 0 Å². The maximum Gasteiger partial charge on any atom is 0.223 e. The zero-order valence-corrected chi connectivity index (χ0v) is 19.3. The third kappa shape index (κ3) is 4.79. The Morgan fingerprint density at radius 3 is 2.45 bits per heavy atom. The summed E-state index contributed by atoms with van der Waals surface area (Å²) in [6, 6.07) is 12.2. The highest BCUT2D eigenvalue weighted by Crippen LogP contribution is 2.30. The van der Waals surface area contributed by atoms with E-state index in [0.717, 1.165) is 35.7 Å². The summed E-state index contributed by atoms with van der Waals surface area (Å²) in [5.41, 5.74) is 5.34. The number of fused-ring (bicyclic) bond motifs is 1. The molecule has 0 radical (unpaired) electrons. The first-order valence-electron chi connectivity index (χ1n) is 11.0. The lowest BCUT2D eigenvalue weighted by Crippen LogP contribution is -2.48. The Morgan fingerprint density at radius 2 is 1.74 bits per heavy atom. The number of carbonyl (C=O) groups excluding carboxylic acids is 2. The van der Waals surface area contributed by atoms with E-state index in [4.69, 9.17) is 4.98 Å². The summed E-state index contributed by atoms with van der Waals surface area (Å²) in [5.74, 6) is 0.102. The molecule has 162 valence electrons. The van der Waals surface area contributed by atoms with Crippen molar-refractivity contribution in [1.29, 1.82) is 0 Å². The summed E-state index contributed by atoms with van der Waals surface area (Å²) >= 11 is 1.72. The molecule has 1 saturated heterocycles. The third-order valence-corrected chi connectivity index (χ3v) is 7.23. The highest BCUT2D eigenvalue weighted by Gasteiger charge is 2.23. The number of aryl methyl sites for hydroxylation is 3. The molecule has 4 rings (SSSR count). The molecule has 1 fully saturated rings. The maximum atomic E-state index is 12.7. The summed E-state index contributed by atoms with van der Waals surface area (Å²) in [6.07, 6.45) is 1.56. The second-order valence-corrected chi connectivity index (χ2v) is 9.25. The zero-order valence-electron chi connectivity index (χ0n) is 18.5. The minimum atomic E-state index is 0.0380. The van der Waals surface area contributed by atoms with Gasteiger partial charge in [0.1, 0.15) is 0 Å². The first kappa shape index (κ1) is 21.5. The molecular formula is C25H29N3O2S. The number of benzene rings is 2. The molecule has 0 atom stereocenters. The number of amides is 1. The predicted molar refractivity (Wildman–Crippen MR) is 127 cm³/mol. The van der Waals surface area contributed by atoms with Crippen LogP contribution in [0.1, 0.15) is 46.8 Å². The number of thiazole rings is 1. The minimum absolute atomic E-state index is 0.0380. The van der Waals surface area contributed by atoms with Gasteiger partial charge in [0.2, 0.25) is 5.91 Å². The van der Waals surface area contributed by atoms with Gasteiger partial charge in [-0.2, -0.15) is 0 Å². The quantitative estimate of drug-likeness (QED) is 0.523. The Morgan fingerprint density at radius 1 is 0.968 bits per heavy atom. The van der Waals surface area contributed by atoms with E-state index in [2.05, 4.69) is 30.0 Å². The summed E-state index contributed by atoms with van der Waals surface area (Å²) in [4.78, 5) is 34.1. The molecule has 0 aliphatic carbocycles. The van der Waals surface area contributed by atoms with Crippen LogP contribution in [0, 0.1) is 13.8 Å². The molecule has 3 aromatic rings. The van der Waals surface area contributed by atoms with Crippen molar-refractivity contribution < 1.29 is 9.59 Å². The molecule has 31 heavy (non-hydrogen) atoms. The molecule has 2 aromatic carbocycles. The van der Waals surface area contributed by atoms with Crippen LogP contribution >= 0.6 is 11.3 Å². The van der Waals surface area contributed by atoms with E-state index < -0.39 is 0 Å². The van der Waals surface area contributed by atoms with Gasteiger partial charge in [0.15, 0.2) is 10.9 Å². The Kier molecular flexibility index (Phi) is 6.37. The zero-order chi connectivity index (χ0) is 22.0. The molecule has 1 aromatic heterocycles. The molecule has 1 aliphatic heterocycles. The Labute approximate surface area is 187 Å². The van der Waals surface area contributed by atoms with Gasteiger partial charge in [-0.25, -0.2) is 4.98 Å². The fourth-order valence-corrected chi connectivity index (χ4v) is 4.98. The van der Waals surface area contributed by atoms with E-state index in [1.54, 1.807) is 11.3 Å². The lowest BCUT2D eigenvalue weighted by Gasteiger charge is -2.34. The van der Waals surface area contributed by atoms with Crippen LogP contribution in [-0.4, -0.2) is 47.8 Å². The van der Waals surface area contributed by atoms with Gasteiger partial charge in [0.25, 0.3) is 0 Å². The number of hydrogen-bond acceptors (Lipinski definition) is 5. The van der Waals surface area contributed by atoms with Gasteiger partial charge in [0, 0.05) is 44.6 Å². The fourth-order valence-electron chi connectivity index (χ4n) is 3.90. The first-order valence-corrected chi connectivity index (χ1v) is 11.8. The Hall–Kier alpha value is -2.73. The van der Waals surface area contributed by atoms with E-state index in [-0.39, 0.29) is 24.5 Å². The van der Waals surface area contributed by atoms with Crippen molar-refractivity contribution in [3.63, 3.8) is 0 Å². The first-order chi connectivity index (χ1) is 14.9. The lowest BCUT2D eigenvalue weighted by atomic mass is 10.0. The highest BCUT2D eigenvalue weighted by atomic mass is 32.1. The van der Waals surface area contributed by atoms with Gasteiger partial charge in [0.05, 0.1) is 10.2 Å². The Balaban J connectivity index is 1.30. The molecule has 6 heteroatoms. The number of aromatic nitrogens is 1. The average molecular weight is 436 g/mol. The van der Waals surface area contributed by atoms with Crippen LogP contribution in [0.5, 0.6) is 0 Å². The fraction of sp³-hybridized carbons (Fsp3) is 0.400. The van der Waals surface area contributed by atoms with E-state index in [1.807, 2.05) is 36.9 Å². The monoisotopic (exact) mass is 435 g/mol. The second kappa shape index (κ2) is 9.18. The second-order valence-electron chi connectivity index (χ2n) is 8.24. The van der Waals surface area contributed by atoms with Crippen molar-refractivity contribution in [2.75, 3.05) is 31.1 Å². The SMILES string of the molecule is CCc1ccc2nc(N3CCN(C(=O)CCC(=O)c4ccc(C)c(C)c4)CC3)sc2c1. The van der Waals surface area contributed by atoms with Crippen LogP contribution in [0.4, 0.5) is 5.13 Å². The van der Waals surface area contributed by atoms with Crippen LogP contribution < -0.4 is 4.90 Å². The summed E-state index contributed by atoms with van der Waals surface area (Å²) in [5, 5.41) is 1.03. The molecular weight excluding hydrogens is 406 g/mol. The molecule has 0 saturated carbocycles. The van der Waals surface area contributed by atoms with Crippen LogP contribution in [0.15, 0.2) is 36.4 Å². The number of piperazine rings is 1. The summed E-state index contributed by atoms with van der Waals surface area (Å²) in [7, 11) is 0. The normalized spacial score (nSPS) is 14.3. The number of nitrogens with zero attached hydrogens (tertiary/aromatic N) is 3. The smallest absolute Gasteiger partial charge is 0.223 e. The van der Waals surface area contributed by atoms with Crippen LogP contribution in [0.2, 0.25) is 0 Å². The summed E-state index contributed by atoms with van der Waals surface area (Å²) in [6.45, 7) is 9.09. The molecule has 0 spiro atoms. The number of anilines is 1. The third-order valence-electron chi connectivity index (χ3n) is 6.15. The van der Waals surface area contributed by atoms with Crippen molar-refractivity contribution in [1.82, 2.24) is 9.88 Å². The topological polar surface area (TPSA) is 53.5 Å². The maximum absolute atomic E-state index is 12.7. The van der Waals surface area contributed by atoms with E-state index >= 15 is 0 Å². The number of hydrogen-bond donors (Lipinski definition) is 0. The minimum Gasteiger partial charge on any atom is -0.345 e. The van der Waals surface area contributed by atoms with E-state index in [0.29, 0.717) is 18.7 Å². The highest BCUT2D eigenvalue weighted by molar-refractivity contribution is 7.22. The molecule has 0 bridgehead atoms. The molecule has 5 nitrogen and oxygen atoms in total. The molecule has 1 amide bonds. The summed E-state index contributed by atoms with van der Waals surface area (Å²) < 4.78 is 1.22. The van der Waals surface area contributed by atoms with Crippen molar-refractivity contribution in [3.05, 3.63) is 58.7 Å². The number of ketones is 1. The standard InChI is InChI=1S/C25H29N3O2S/c1-4-19-6-8-21-23(16-19)31-25(26-21)28-13-11-27(12-14-28)24(30)10-9-22(29)20-7-5-17(2)18(3)15-20/h5-8,15-16H,4,9-14H2,1-3H3. The molecule has 2 heterocycles. The van der Waals surface area contributed by atoms with Gasteiger partial charge >= 0.3 is 0 Å². The van der Waals surface area contributed by atoms with E-state index in [9.17, 15) is 9.59 Å². The van der Waals surface area contributed by atoms with E-state index in [1.165, 1.54) is 15.8 Å². The van der Waals surface area contributed by atoms with Gasteiger partial charge in [-0.3, -0.25) is 9.59 Å². The number of rotatable bonds is 6. The number of Topliss-reactive ketones (excluding diaryl/α,β-unsaturated/α-hetero) is 1. The van der Waals surface area contributed by atoms with Crippen LogP contribution in [-0.2, 0) is 11.2 Å². The van der Waals surface area contributed by atoms with Crippen LogP contribution in [0.25, 0.3) is 10.2 Å². The Bertz CT molecular complexity index is 1110. The predicted octanol–water partition coefficient (Wildman–Crippen LogP) is 4.79. The van der Waals surface area contributed by atoms with Gasteiger partial charge in [-0.1, -0.05) is 36.5 Å². The molecule has 0 unspecified atom stereocenters. The van der Waals surface area contributed by atoms with Gasteiger partial charge in [-0.05, 0) is 55.2 Å². The average Bonchev–Trinajstić information content (AvgIpc) is 3.22. The number of carbonyl (C=O) groups is 2. The van der Waals surface area contributed by atoms with Crippen molar-refractivity contribution in [3.8, 4) is 0 Å². The van der Waals surface area contributed by atoms with Crippen molar-refractivity contribution in [2.24, 2.45) is 0 Å². The molecule has 1 aliphatic rings. The molecule has 0 N–H and O–H groups in total. The van der Waals surface area contributed by atoms with Gasteiger partial charge in [-0.15, -0.1) is 0 Å².